The molecular formula is C47H59N3O4. The lowest BCUT2D eigenvalue weighted by Gasteiger charge is -2.36. The summed E-state index contributed by atoms with van der Waals surface area (Å²) < 4.78 is 13.0. The van der Waals surface area contributed by atoms with Crippen molar-refractivity contribution in [3.63, 3.8) is 0 Å². The zero-order chi connectivity index (χ0) is 37.6. The number of rotatable bonds is 22. The van der Waals surface area contributed by atoms with Crippen molar-refractivity contribution in [1.29, 1.82) is 0 Å². The van der Waals surface area contributed by atoms with E-state index in [0.717, 1.165) is 96.2 Å². The number of piperazine rings is 1. The Morgan fingerprint density at radius 3 is 2.07 bits per heavy atom. The molecule has 1 aromatic heterocycles. The number of benzene rings is 3. The highest BCUT2D eigenvalue weighted by molar-refractivity contribution is 5.87. The molecule has 7 nitrogen and oxygen atoms in total. The van der Waals surface area contributed by atoms with E-state index in [4.69, 9.17) is 9.15 Å². The largest absolute Gasteiger partial charge is 0.421 e. The van der Waals surface area contributed by atoms with Crippen LogP contribution in [0.4, 0.5) is 5.69 Å². The zero-order valence-corrected chi connectivity index (χ0v) is 32.1. The van der Waals surface area contributed by atoms with Crippen molar-refractivity contribution >= 4 is 16.8 Å². The Balaban J connectivity index is 0.967. The SMILES string of the molecule is CC/C=C\C/C=C\C/C=C\C/C=C\C/C=C\CCCCCC(O)OCn1c(=O)oc2c(N3CCN(Cc4cccc(-c5ccccc5)c4)CC3)cccc21. The molecule has 1 aliphatic rings. The van der Waals surface area contributed by atoms with Gasteiger partial charge in [-0.3, -0.25) is 4.90 Å². The van der Waals surface area contributed by atoms with Gasteiger partial charge in [0.2, 0.25) is 0 Å². The van der Waals surface area contributed by atoms with Gasteiger partial charge in [0, 0.05) is 32.7 Å². The third kappa shape index (κ3) is 13.3. The first-order chi connectivity index (χ1) is 26.6. The van der Waals surface area contributed by atoms with Gasteiger partial charge in [-0.1, -0.05) is 129 Å². The van der Waals surface area contributed by atoms with Crippen LogP contribution in [-0.4, -0.2) is 47.0 Å². The quantitative estimate of drug-likeness (QED) is 0.0493. The maximum Gasteiger partial charge on any atom is 0.421 e. The van der Waals surface area contributed by atoms with Crippen LogP contribution in [0.2, 0.25) is 0 Å². The summed E-state index contributed by atoms with van der Waals surface area (Å²) in [5.74, 6) is -0.473. The number of hydrogen-bond donors (Lipinski definition) is 1. The molecule has 4 aromatic rings. The molecule has 0 spiro atoms. The minimum atomic E-state index is -0.930. The van der Waals surface area contributed by atoms with Crippen molar-refractivity contribution in [3.8, 4) is 11.1 Å². The maximum absolute atomic E-state index is 12.9. The summed E-state index contributed by atoms with van der Waals surface area (Å²) >= 11 is 0. The second-order valence-electron chi connectivity index (χ2n) is 13.8. The first-order valence-electron chi connectivity index (χ1n) is 19.9. The van der Waals surface area contributed by atoms with Crippen molar-refractivity contribution in [3.05, 3.63) is 150 Å². The van der Waals surface area contributed by atoms with E-state index in [1.165, 1.54) is 21.3 Å². The summed E-state index contributed by atoms with van der Waals surface area (Å²) in [4.78, 5) is 17.7. The van der Waals surface area contributed by atoms with E-state index >= 15 is 0 Å². The summed E-state index contributed by atoms with van der Waals surface area (Å²) in [5.41, 5.74) is 5.94. The van der Waals surface area contributed by atoms with E-state index in [-0.39, 0.29) is 6.73 Å². The standard InChI is InChI=1S/C47H59N3O4/c1-2-3-4-5-6-7-8-9-10-11-12-13-14-15-16-17-18-19-23-32-45(51)53-39-50-44-31-25-30-43(46(44)54-47(50)52)49-35-33-48(34-36-49)38-40-26-24-29-42(37-40)41-27-21-20-22-28-41/h3-4,6-7,9-10,12-13,15-16,20-22,24-31,37,45,51H,2,5,8,11,14,17-19,23,32-36,38-39H2,1H3/b4-3-,7-6-,10-9-,13-12-,16-15-. The topological polar surface area (TPSA) is 71.1 Å². The average Bonchev–Trinajstić information content (AvgIpc) is 3.53. The minimum absolute atomic E-state index is 0.0493. The van der Waals surface area contributed by atoms with Gasteiger partial charge in [0.05, 0.1) is 11.2 Å². The minimum Gasteiger partial charge on any atom is -0.405 e. The Kier molecular flexibility index (Phi) is 17.4. The number of aromatic nitrogens is 1. The Morgan fingerprint density at radius 1 is 0.722 bits per heavy atom. The number of hydrogen-bond acceptors (Lipinski definition) is 6. The Labute approximate surface area is 322 Å². The molecule has 5 rings (SSSR count). The molecule has 0 saturated carbocycles. The number of nitrogens with zero attached hydrogens (tertiary/aromatic N) is 3. The fourth-order valence-corrected chi connectivity index (χ4v) is 6.70. The molecule has 3 aromatic carbocycles. The predicted octanol–water partition coefficient (Wildman–Crippen LogP) is 10.6. The fraction of sp³-hybridized carbons (Fsp3) is 0.383. The highest BCUT2D eigenvalue weighted by Crippen LogP contribution is 2.28. The first-order valence-corrected chi connectivity index (χ1v) is 19.9. The van der Waals surface area contributed by atoms with E-state index < -0.39 is 12.0 Å². The van der Waals surface area contributed by atoms with Gasteiger partial charge in [0.15, 0.2) is 11.9 Å². The normalized spacial score (nSPS) is 15.0. The van der Waals surface area contributed by atoms with Crippen LogP contribution >= 0.6 is 0 Å². The number of fused-ring (bicyclic) bond motifs is 1. The number of allylic oxidation sites excluding steroid dienone is 10. The molecular weight excluding hydrogens is 671 g/mol. The Hall–Kier alpha value is -4.69. The molecule has 0 amide bonds. The van der Waals surface area contributed by atoms with Crippen molar-refractivity contribution in [2.24, 2.45) is 0 Å². The first kappa shape index (κ1) is 40.5. The Bertz CT molecular complexity index is 1880. The smallest absolute Gasteiger partial charge is 0.405 e. The molecule has 1 aliphatic heterocycles. The van der Waals surface area contributed by atoms with Crippen LogP contribution in [0.15, 0.2) is 143 Å². The lowest BCUT2D eigenvalue weighted by atomic mass is 10.0. The molecule has 7 heteroatoms. The Morgan fingerprint density at radius 2 is 1.37 bits per heavy atom. The number of oxazole rings is 1. The molecule has 1 fully saturated rings. The zero-order valence-electron chi connectivity index (χ0n) is 32.1. The van der Waals surface area contributed by atoms with E-state index in [0.29, 0.717) is 17.5 Å². The second-order valence-corrected chi connectivity index (χ2v) is 13.8. The van der Waals surface area contributed by atoms with Gasteiger partial charge < -0.3 is 19.2 Å². The molecule has 0 aliphatic carbocycles. The summed E-state index contributed by atoms with van der Waals surface area (Å²) in [6.45, 7) is 6.50. The maximum atomic E-state index is 12.9. The fourth-order valence-electron chi connectivity index (χ4n) is 6.70. The van der Waals surface area contributed by atoms with E-state index in [9.17, 15) is 9.90 Å². The number of para-hydroxylation sites is 1. The molecule has 286 valence electrons. The number of unbranched alkanes of at least 4 members (excludes halogenated alkanes) is 3. The van der Waals surface area contributed by atoms with Crippen LogP contribution in [0.25, 0.3) is 22.2 Å². The molecule has 0 bridgehead atoms. The van der Waals surface area contributed by atoms with Gasteiger partial charge in [-0.05, 0) is 92.7 Å². The molecule has 1 atom stereocenters. The van der Waals surface area contributed by atoms with Gasteiger partial charge in [-0.15, -0.1) is 0 Å². The monoisotopic (exact) mass is 729 g/mol. The van der Waals surface area contributed by atoms with Crippen LogP contribution < -0.4 is 10.7 Å². The van der Waals surface area contributed by atoms with Crippen LogP contribution in [0.3, 0.4) is 0 Å². The molecule has 0 radical (unpaired) electrons. The predicted molar refractivity (Wildman–Crippen MR) is 224 cm³/mol. The average molecular weight is 730 g/mol. The van der Waals surface area contributed by atoms with Gasteiger partial charge in [-0.25, -0.2) is 9.36 Å². The van der Waals surface area contributed by atoms with Gasteiger partial charge in [-0.2, -0.15) is 0 Å². The van der Waals surface area contributed by atoms with Crippen molar-refractivity contribution in [2.45, 2.75) is 90.7 Å². The number of aliphatic hydroxyl groups is 1. The summed E-state index contributed by atoms with van der Waals surface area (Å²) in [6, 6.07) is 25.1. The summed E-state index contributed by atoms with van der Waals surface area (Å²) in [5, 5.41) is 10.5. The van der Waals surface area contributed by atoms with Crippen LogP contribution in [0.5, 0.6) is 0 Å². The number of anilines is 1. The van der Waals surface area contributed by atoms with Crippen molar-refractivity contribution in [2.75, 3.05) is 31.1 Å². The van der Waals surface area contributed by atoms with Crippen LogP contribution in [-0.2, 0) is 18.0 Å². The number of ether oxygens (including phenoxy) is 1. The second kappa shape index (κ2) is 23.2. The lowest BCUT2D eigenvalue weighted by molar-refractivity contribution is -0.129. The van der Waals surface area contributed by atoms with Crippen molar-refractivity contribution in [1.82, 2.24) is 9.47 Å². The molecule has 54 heavy (non-hydrogen) atoms. The van der Waals surface area contributed by atoms with Gasteiger partial charge >= 0.3 is 5.76 Å². The van der Waals surface area contributed by atoms with Crippen LogP contribution in [0.1, 0.15) is 76.7 Å². The molecule has 2 heterocycles. The molecule has 1 saturated heterocycles. The van der Waals surface area contributed by atoms with E-state index in [1.54, 1.807) is 0 Å². The lowest BCUT2D eigenvalue weighted by Crippen LogP contribution is -2.46. The van der Waals surface area contributed by atoms with Gasteiger partial charge in [0.25, 0.3) is 0 Å². The third-order valence-corrected chi connectivity index (χ3v) is 9.70. The van der Waals surface area contributed by atoms with E-state index in [1.807, 2.05) is 24.3 Å². The van der Waals surface area contributed by atoms with Gasteiger partial charge in [0.1, 0.15) is 6.73 Å². The highest BCUT2D eigenvalue weighted by atomic mass is 16.6. The third-order valence-electron chi connectivity index (χ3n) is 9.70. The van der Waals surface area contributed by atoms with Crippen LogP contribution in [0, 0.1) is 0 Å². The summed E-state index contributed by atoms with van der Waals surface area (Å²) in [7, 11) is 0. The van der Waals surface area contributed by atoms with E-state index in [2.05, 4.69) is 126 Å². The van der Waals surface area contributed by atoms with Crippen molar-refractivity contribution < 1.29 is 14.3 Å². The summed E-state index contributed by atoms with van der Waals surface area (Å²) in [6.07, 6.45) is 30.8. The highest BCUT2D eigenvalue weighted by Gasteiger charge is 2.22. The molecule has 1 N–H and O–H groups in total. The molecule has 1 unspecified atom stereocenters. The number of aliphatic hydroxyl groups excluding tert-OH is 1.